The summed E-state index contributed by atoms with van der Waals surface area (Å²) in [5, 5.41) is 3.31. The molecule has 0 unspecified atom stereocenters. The molecule has 0 bridgehead atoms. The van der Waals surface area contributed by atoms with Gasteiger partial charge in [-0.05, 0) is 24.6 Å². The summed E-state index contributed by atoms with van der Waals surface area (Å²) in [5.41, 5.74) is -0.416. The Bertz CT molecular complexity index is 695. The third-order valence-corrected chi connectivity index (χ3v) is 3.61. The van der Waals surface area contributed by atoms with Gasteiger partial charge in [0.05, 0.1) is 6.61 Å². The first-order valence-electron chi connectivity index (χ1n) is 7.99. The van der Waals surface area contributed by atoms with E-state index in [1.54, 1.807) is 24.3 Å². The monoisotopic (exact) mass is 373 g/mol. The van der Waals surface area contributed by atoms with Crippen molar-refractivity contribution in [1.82, 2.24) is 9.97 Å². The van der Waals surface area contributed by atoms with Crippen LogP contribution in [0.4, 0.5) is 24.8 Å². The number of rotatable bonds is 8. The smallest absolute Gasteiger partial charge is 0.423 e. The average molecular weight is 374 g/mol. The van der Waals surface area contributed by atoms with E-state index in [-0.39, 0.29) is 12.6 Å². The van der Waals surface area contributed by atoms with Crippen molar-refractivity contribution in [2.75, 3.05) is 11.9 Å². The Morgan fingerprint density at radius 2 is 2.00 bits per heavy atom. The van der Waals surface area contributed by atoms with Gasteiger partial charge in [-0.15, -0.1) is 0 Å². The normalized spacial score (nSPS) is 11.4. The Hall–Kier alpha value is -2.02. The molecule has 0 aliphatic rings. The van der Waals surface area contributed by atoms with E-state index in [4.69, 9.17) is 16.3 Å². The quantitative estimate of drug-likeness (QED) is 0.589. The van der Waals surface area contributed by atoms with Gasteiger partial charge in [0.15, 0.2) is 0 Å². The van der Waals surface area contributed by atoms with Crippen molar-refractivity contribution in [1.29, 1.82) is 0 Å². The fourth-order valence-electron chi connectivity index (χ4n) is 2.12. The summed E-state index contributed by atoms with van der Waals surface area (Å²) in [6, 6.07) is 6.72. The number of halogens is 4. The van der Waals surface area contributed by atoms with Gasteiger partial charge in [0.1, 0.15) is 5.56 Å². The Balaban J connectivity index is 2.15. The molecule has 0 fully saturated rings. The van der Waals surface area contributed by atoms with Crippen LogP contribution in [0.15, 0.2) is 30.5 Å². The second kappa shape index (κ2) is 8.89. The van der Waals surface area contributed by atoms with Gasteiger partial charge in [0.25, 0.3) is 0 Å². The van der Waals surface area contributed by atoms with E-state index >= 15 is 0 Å². The Labute approximate surface area is 149 Å². The van der Waals surface area contributed by atoms with Crippen LogP contribution >= 0.6 is 11.6 Å². The van der Waals surface area contributed by atoms with Crippen LogP contribution in [-0.4, -0.2) is 16.6 Å². The minimum Gasteiger partial charge on any atom is -0.477 e. The Morgan fingerprint density at radius 1 is 1.20 bits per heavy atom. The molecule has 4 nitrogen and oxygen atoms in total. The molecule has 0 atom stereocenters. The highest BCUT2D eigenvalue weighted by Crippen LogP contribution is 2.35. The first kappa shape index (κ1) is 19.3. The molecule has 0 spiro atoms. The molecule has 0 amide bonds. The highest BCUT2D eigenvalue weighted by molar-refractivity contribution is 6.30. The maximum absolute atomic E-state index is 13.1. The molecular formula is C17H19ClF3N3O. The average Bonchev–Trinajstić information content (AvgIpc) is 2.54. The zero-order chi connectivity index (χ0) is 18.3. The number of benzene rings is 1. The van der Waals surface area contributed by atoms with E-state index in [0.717, 1.165) is 25.5 Å². The lowest BCUT2D eigenvalue weighted by Gasteiger charge is -2.14. The number of alkyl halides is 3. The topological polar surface area (TPSA) is 47.0 Å². The van der Waals surface area contributed by atoms with Crippen molar-refractivity contribution < 1.29 is 17.9 Å². The summed E-state index contributed by atoms with van der Waals surface area (Å²) in [5.74, 6) is -0.456. The minimum atomic E-state index is -4.58. The van der Waals surface area contributed by atoms with Crippen LogP contribution in [-0.2, 0) is 6.18 Å². The van der Waals surface area contributed by atoms with Crippen molar-refractivity contribution in [3.05, 3.63) is 41.0 Å². The summed E-state index contributed by atoms with van der Waals surface area (Å²) >= 11 is 5.88. The molecule has 0 saturated heterocycles. The van der Waals surface area contributed by atoms with E-state index in [1.165, 1.54) is 0 Å². The number of ether oxygens (including phenoxy) is 1. The van der Waals surface area contributed by atoms with Gasteiger partial charge >= 0.3 is 6.18 Å². The fourth-order valence-corrected chi connectivity index (χ4v) is 2.31. The fraction of sp³-hybridized carbons (Fsp3) is 0.412. The van der Waals surface area contributed by atoms with Crippen LogP contribution in [0.25, 0.3) is 0 Å². The molecule has 0 aliphatic carbocycles. The molecule has 1 aromatic heterocycles. The minimum absolute atomic E-state index is 0.0128. The maximum atomic E-state index is 13.1. The van der Waals surface area contributed by atoms with Gasteiger partial charge in [-0.25, -0.2) is 4.98 Å². The van der Waals surface area contributed by atoms with Crippen LogP contribution in [0.3, 0.4) is 0 Å². The summed E-state index contributed by atoms with van der Waals surface area (Å²) in [6.45, 7) is 2.23. The van der Waals surface area contributed by atoms with Crippen molar-refractivity contribution in [2.24, 2.45) is 0 Å². The molecule has 25 heavy (non-hydrogen) atoms. The van der Waals surface area contributed by atoms with Gasteiger partial charge in [-0.1, -0.05) is 43.9 Å². The molecule has 8 heteroatoms. The van der Waals surface area contributed by atoms with E-state index in [2.05, 4.69) is 22.2 Å². The van der Waals surface area contributed by atoms with Crippen LogP contribution < -0.4 is 10.1 Å². The molecule has 0 aliphatic heterocycles. The Morgan fingerprint density at radius 3 is 2.68 bits per heavy atom. The highest BCUT2D eigenvalue weighted by Gasteiger charge is 2.36. The number of hydrogen-bond acceptors (Lipinski definition) is 4. The molecule has 1 heterocycles. The SMILES string of the molecule is CCCCCCOc1nc(Nc2cccc(Cl)c2)ncc1C(F)(F)F. The van der Waals surface area contributed by atoms with Gasteiger partial charge < -0.3 is 10.1 Å². The molecule has 0 saturated carbocycles. The second-order valence-electron chi connectivity index (χ2n) is 5.45. The molecule has 2 aromatic rings. The number of aromatic nitrogens is 2. The molecule has 1 N–H and O–H groups in total. The first-order chi connectivity index (χ1) is 11.9. The van der Waals surface area contributed by atoms with Crippen molar-refractivity contribution in [2.45, 2.75) is 38.8 Å². The van der Waals surface area contributed by atoms with Gasteiger partial charge in [-0.2, -0.15) is 18.2 Å². The largest absolute Gasteiger partial charge is 0.477 e. The lowest BCUT2D eigenvalue weighted by molar-refractivity contribution is -0.139. The number of unbranched alkanes of at least 4 members (excludes halogenated alkanes) is 3. The summed E-state index contributed by atoms with van der Waals surface area (Å²) in [4.78, 5) is 7.60. The predicted octanol–water partition coefficient (Wildman–Crippen LogP) is 5.85. The van der Waals surface area contributed by atoms with E-state index in [9.17, 15) is 13.2 Å². The zero-order valence-electron chi connectivity index (χ0n) is 13.7. The number of anilines is 2. The molecule has 1 aromatic carbocycles. The van der Waals surface area contributed by atoms with Crippen molar-refractivity contribution in [3.63, 3.8) is 0 Å². The number of nitrogens with one attached hydrogen (secondary N) is 1. The predicted molar refractivity (Wildman–Crippen MR) is 91.4 cm³/mol. The summed E-state index contributed by atoms with van der Waals surface area (Å²) in [6.07, 6.45) is -0.229. The molecule has 0 radical (unpaired) electrons. The third kappa shape index (κ3) is 6.08. The second-order valence-corrected chi connectivity index (χ2v) is 5.89. The van der Waals surface area contributed by atoms with Crippen LogP contribution in [0, 0.1) is 0 Å². The third-order valence-electron chi connectivity index (χ3n) is 3.38. The maximum Gasteiger partial charge on any atom is 0.423 e. The first-order valence-corrected chi connectivity index (χ1v) is 8.37. The van der Waals surface area contributed by atoms with Gasteiger partial charge in [0.2, 0.25) is 11.8 Å². The lowest BCUT2D eigenvalue weighted by Crippen LogP contribution is -2.13. The molecular weight excluding hydrogens is 355 g/mol. The van der Waals surface area contributed by atoms with Gasteiger partial charge in [-0.3, -0.25) is 0 Å². The summed E-state index contributed by atoms with van der Waals surface area (Å²) < 4.78 is 44.6. The van der Waals surface area contributed by atoms with Crippen molar-refractivity contribution in [3.8, 4) is 5.88 Å². The highest BCUT2D eigenvalue weighted by atomic mass is 35.5. The van der Waals surface area contributed by atoms with Crippen molar-refractivity contribution >= 4 is 23.2 Å². The summed E-state index contributed by atoms with van der Waals surface area (Å²) in [7, 11) is 0. The van der Waals surface area contributed by atoms with Gasteiger partial charge in [0, 0.05) is 16.9 Å². The van der Waals surface area contributed by atoms with Crippen LogP contribution in [0.5, 0.6) is 5.88 Å². The van der Waals surface area contributed by atoms with Crippen LogP contribution in [0.2, 0.25) is 5.02 Å². The lowest BCUT2D eigenvalue weighted by atomic mass is 10.2. The molecule has 2 rings (SSSR count). The van der Waals surface area contributed by atoms with E-state index in [0.29, 0.717) is 17.1 Å². The number of nitrogens with zero attached hydrogens (tertiary/aromatic N) is 2. The number of hydrogen-bond donors (Lipinski definition) is 1. The van der Waals surface area contributed by atoms with E-state index < -0.39 is 17.6 Å². The Kier molecular flexibility index (Phi) is 6.87. The standard InChI is InChI=1S/C17H19ClF3N3O/c1-2-3-4-5-9-25-15-14(17(19,20)21)11-22-16(24-15)23-13-8-6-7-12(18)10-13/h6-8,10-11H,2-5,9H2,1H3,(H,22,23,24). The van der Waals surface area contributed by atoms with Crippen LogP contribution in [0.1, 0.15) is 38.2 Å². The molecule has 136 valence electrons. The van der Waals surface area contributed by atoms with E-state index in [1.807, 2.05) is 0 Å². The zero-order valence-corrected chi connectivity index (χ0v) is 14.5.